The van der Waals surface area contributed by atoms with Gasteiger partial charge in [-0.15, -0.1) is 0 Å². The summed E-state index contributed by atoms with van der Waals surface area (Å²) in [5, 5.41) is 29.7. The lowest BCUT2D eigenvalue weighted by Crippen LogP contribution is -2.32. The smallest absolute Gasteiger partial charge is 0.0894 e. The second-order valence-corrected chi connectivity index (χ2v) is 3.59. The first-order chi connectivity index (χ1) is 7.77. The third kappa shape index (κ3) is 3.99. The molecule has 0 heterocycles. The second-order valence-electron chi connectivity index (χ2n) is 3.59. The molecule has 3 N–H and O–H groups in total. The van der Waals surface area contributed by atoms with Gasteiger partial charge in [0.2, 0.25) is 0 Å². The van der Waals surface area contributed by atoms with Crippen molar-refractivity contribution in [2.45, 2.75) is 12.0 Å². The lowest BCUT2D eigenvalue weighted by Gasteiger charge is -2.12. The van der Waals surface area contributed by atoms with Gasteiger partial charge in [0.15, 0.2) is 0 Å². The highest BCUT2D eigenvalue weighted by Crippen LogP contribution is 2.12. The lowest BCUT2D eigenvalue weighted by atomic mass is 10.0. The zero-order valence-corrected chi connectivity index (χ0v) is 9.00. The molecular weight excluding hydrogens is 204 g/mol. The van der Waals surface area contributed by atoms with E-state index in [9.17, 15) is 0 Å². The maximum Gasteiger partial charge on any atom is 0.0894 e. The number of nitriles is 1. The minimum atomic E-state index is -0.768. The van der Waals surface area contributed by atoms with E-state index < -0.39 is 6.10 Å². The molecule has 4 heteroatoms. The van der Waals surface area contributed by atoms with Gasteiger partial charge in [-0.1, -0.05) is 30.3 Å². The normalized spacial score (nSPS) is 14.1. The quantitative estimate of drug-likeness (QED) is 0.641. The van der Waals surface area contributed by atoms with E-state index in [2.05, 4.69) is 11.4 Å². The average molecular weight is 220 g/mol. The summed E-state index contributed by atoms with van der Waals surface area (Å²) in [6.45, 7) is 0.495. The number of rotatable bonds is 6. The molecule has 0 saturated carbocycles. The van der Waals surface area contributed by atoms with E-state index in [0.717, 1.165) is 5.56 Å². The van der Waals surface area contributed by atoms with Crippen molar-refractivity contribution in [3.05, 3.63) is 35.9 Å². The zero-order chi connectivity index (χ0) is 11.8. The molecule has 0 fully saturated rings. The summed E-state index contributed by atoms with van der Waals surface area (Å²) in [6, 6.07) is 11.7. The van der Waals surface area contributed by atoms with Crippen LogP contribution >= 0.6 is 0 Å². The maximum absolute atomic E-state index is 9.12. The number of hydrogen-bond acceptors (Lipinski definition) is 4. The Morgan fingerprint density at radius 1 is 1.25 bits per heavy atom. The van der Waals surface area contributed by atoms with Crippen molar-refractivity contribution in [1.82, 2.24) is 5.32 Å². The van der Waals surface area contributed by atoms with Gasteiger partial charge in [-0.05, 0) is 5.56 Å². The summed E-state index contributed by atoms with van der Waals surface area (Å²) in [4.78, 5) is 0. The molecule has 1 aromatic rings. The van der Waals surface area contributed by atoms with Gasteiger partial charge in [-0.2, -0.15) is 5.26 Å². The summed E-state index contributed by atoms with van der Waals surface area (Å²) >= 11 is 0. The Balaban J connectivity index is 2.42. The summed E-state index contributed by atoms with van der Waals surface area (Å²) < 4.78 is 0. The third-order valence-electron chi connectivity index (χ3n) is 2.30. The molecule has 0 aliphatic heterocycles. The van der Waals surface area contributed by atoms with Crippen LogP contribution in [-0.2, 0) is 0 Å². The molecule has 0 radical (unpaired) electrons. The maximum atomic E-state index is 9.12. The SMILES string of the molecule is N#CC(CNCC(O)CO)c1ccccc1. The van der Waals surface area contributed by atoms with E-state index >= 15 is 0 Å². The van der Waals surface area contributed by atoms with Crippen LogP contribution in [0.4, 0.5) is 0 Å². The van der Waals surface area contributed by atoms with E-state index in [4.69, 9.17) is 15.5 Å². The standard InChI is InChI=1S/C12H16N2O2/c13-6-11(7-14-8-12(16)9-15)10-4-2-1-3-5-10/h1-5,11-12,14-16H,7-9H2. The Bertz CT molecular complexity index is 335. The minimum Gasteiger partial charge on any atom is -0.394 e. The fourth-order valence-electron chi connectivity index (χ4n) is 1.38. The van der Waals surface area contributed by atoms with Crippen molar-refractivity contribution in [1.29, 1.82) is 5.26 Å². The molecule has 0 aliphatic carbocycles. The summed E-state index contributed by atoms with van der Waals surface area (Å²) in [5.74, 6) is -0.230. The monoisotopic (exact) mass is 220 g/mol. The van der Waals surface area contributed by atoms with Crippen LogP contribution in [0.3, 0.4) is 0 Å². The third-order valence-corrected chi connectivity index (χ3v) is 2.30. The molecular formula is C12H16N2O2. The molecule has 2 unspecified atom stereocenters. The van der Waals surface area contributed by atoms with E-state index in [1.54, 1.807) is 0 Å². The summed E-state index contributed by atoms with van der Waals surface area (Å²) in [5.41, 5.74) is 0.955. The van der Waals surface area contributed by atoms with Crippen molar-refractivity contribution in [2.75, 3.05) is 19.7 Å². The van der Waals surface area contributed by atoms with E-state index in [0.29, 0.717) is 13.1 Å². The van der Waals surface area contributed by atoms with Gasteiger partial charge in [0.05, 0.1) is 24.7 Å². The van der Waals surface area contributed by atoms with Crippen LogP contribution in [0.15, 0.2) is 30.3 Å². The largest absolute Gasteiger partial charge is 0.394 e. The number of hydrogen-bond donors (Lipinski definition) is 3. The van der Waals surface area contributed by atoms with E-state index in [1.807, 2.05) is 30.3 Å². The molecule has 1 aromatic carbocycles. The second kappa shape index (κ2) is 6.96. The molecule has 0 amide bonds. The molecule has 0 spiro atoms. The van der Waals surface area contributed by atoms with Crippen LogP contribution < -0.4 is 5.32 Å². The Morgan fingerprint density at radius 3 is 2.50 bits per heavy atom. The number of aliphatic hydroxyl groups is 2. The molecule has 86 valence electrons. The summed E-state index contributed by atoms with van der Waals surface area (Å²) in [6.07, 6.45) is -0.768. The van der Waals surface area contributed by atoms with Crippen molar-refractivity contribution >= 4 is 0 Å². The lowest BCUT2D eigenvalue weighted by molar-refractivity contribution is 0.0945. The fraction of sp³-hybridized carbons (Fsp3) is 0.417. The number of nitrogens with one attached hydrogen (secondary N) is 1. The highest BCUT2D eigenvalue weighted by molar-refractivity contribution is 5.24. The highest BCUT2D eigenvalue weighted by Gasteiger charge is 2.10. The molecule has 16 heavy (non-hydrogen) atoms. The predicted octanol–water partition coefficient (Wildman–Crippen LogP) is 0.237. The Labute approximate surface area is 95.2 Å². The molecule has 2 atom stereocenters. The van der Waals surface area contributed by atoms with E-state index in [1.165, 1.54) is 0 Å². The van der Waals surface area contributed by atoms with E-state index in [-0.39, 0.29) is 12.5 Å². The van der Waals surface area contributed by atoms with Gasteiger partial charge in [-0.25, -0.2) is 0 Å². The van der Waals surface area contributed by atoms with Gasteiger partial charge in [0, 0.05) is 13.1 Å². The zero-order valence-electron chi connectivity index (χ0n) is 9.00. The van der Waals surface area contributed by atoms with Crippen LogP contribution in [0.2, 0.25) is 0 Å². The van der Waals surface area contributed by atoms with Crippen molar-refractivity contribution < 1.29 is 10.2 Å². The van der Waals surface area contributed by atoms with Crippen molar-refractivity contribution in [3.63, 3.8) is 0 Å². The molecule has 0 aliphatic rings. The topological polar surface area (TPSA) is 76.3 Å². The number of aliphatic hydroxyl groups excluding tert-OH is 2. The Morgan fingerprint density at radius 2 is 1.94 bits per heavy atom. The van der Waals surface area contributed by atoms with Crippen LogP contribution in [0.25, 0.3) is 0 Å². The molecule has 1 rings (SSSR count). The molecule has 0 aromatic heterocycles. The Hall–Kier alpha value is -1.41. The van der Waals surface area contributed by atoms with Gasteiger partial charge >= 0.3 is 0 Å². The number of benzene rings is 1. The Kier molecular flexibility index (Phi) is 5.51. The predicted molar refractivity (Wildman–Crippen MR) is 60.8 cm³/mol. The highest BCUT2D eigenvalue weighted by atomic mass is 16.3. The molecule has 0 saturated heterocycles. The molecule has 0 bridgehead atoms. The van der Waals surface area contributed by atoms with Crippen LogP contribution in [-0.4, -0.2) is 36.0 Å². The van der Waals surface area contributed by atoms with Gasteiger partial charge in [0.25, 0.3) is 0 Å². The minimum absolute atomic E-state index is 0.230. The number of nitrogens with zero attached hydrogens (tertiary/aromatic N) is 1. The molecule has 4 nitrogen and oxygen atoms in total. The van der Waals surface area contributed by atoms with Crippen LogP contribution in [0, 0.1) is 11.3 Å². The first-order valence-corrected chi connectivity index (χ1v) is 5.22. The average Bonchev–Trinajstić information content (AvgIpc) is 2.35. The fourth-order valence-corrected chi connectivity index (χ4v) is 1.38. The first kappa shape index (κ1) is 12.7. The van der Waals surface area contributed by atoms with Gasteiger partial charge in [-0.3, -0.25) is 0 Å². The van der Waals surface area contributed by atoms with Crippen LogP contribution in [0.1, 0.15) is 11.5 Å². The van der Waals surface area contributed by atoms with Crippen LogP contribution in [0.5, 0.6) is 0 Å². The van der Waals surface area contributed by atoms with Gasteiger partial charge < -0.3 is 15.5 Å². The van der Waals surface area contributed by atoms with Crippen molar-refractivity contribution in [2.24, 2.45) is 0 Å². The van der Waals surface area contributed by atoms with Crippen molar-refractivity contribution in [3.8, 4) is 6.07 Å². The summed E-state index contributed by atoms with van der Waals surface area (Å²) in [7, 11) is 0. The van der Waals surface area contributed by atoms with Gasteiger partial charge in [0.1, 0.15) is 0 Å². The first-order valence-electron chi connectivity index (χ1n) is 5.22.